The number of benzene rings is 10. The number of aromatic nitrogens is 1. The molecule has 3 unspecified atom stereocenters. The van der Waals surface area contributed by atoms with Gasteiger partial charge in [0.2, 0.25) is 0 Å². The third-order valence-corrected chi connectivity index (χ3v) is 15.8. The number of aliphatic imine (C=N–C) groups is 2. The smallest absolute Gasteiger partial charge is 0.153 e. The van der Waals surface area contributed by atoms with Crippen molar-refractivity contribution in [2.45, 2.75) is 38.9 Å². The van der Waals surface area contributed by atoms with Gasteiger partial charge in [-0.25, -0.2) is 9.98 Å². The number of hydrogen-bond donors (Lipinski definition) is 3. The van der Waals surface area contributed by atoms with Crippen molar-refractivity contribution >= 4 is 89.1 Å². The first-order valence-corrected chi connectivity index (χ1v) is 28.6. The van der Waals surface area contributed by atoms with E-state index < -0.39 is 0 Å². The molecule has 8 heteroatoms. The number of allylic oxidation sites excluding steroid dienone is 1. The summed E-state index contributed by atoms with van der Waals surface area (Å²) in [4.78, 5) is 10.4. The van der Waals surface area contributed by atoms with Gasteiger partial charge in [0.05, 0.1) is 30.2 Å². The number of para-hydroxylation sites is 2. The lowest BCUT2D eigenvalue weighted by atomic mass is 9.98. The number of fused-ring (bicyclic) bond motifs is 9. The molecule has 0 bridgehead atoms. The highest BCUT2D eigenvalue weighted by atomic mass is 16.3. The van der Waals surface area contributed by atoms with Gasteiger partial charge in [-0.2, -0.15) is 0 Å². The van der Waals surface area contributed by atoms with Crippen molar-refractivity contribution < 1.29 is 8.83 Å². The standard InChI is InChI=1S/C73H56N6O2.C2H6/c1-47(48-18-6-2-7-19-48)38-63(49-20-8-3-9-21-49)75-45-56(43-66(76-46-74)73-77-64(50-22-10-4-11-23-50)44-65(78-73)51-24-12-5-13-25-51)79-67-34-30-52(54-32-36-71-61(41-54)57-26-14-16-28-69(57)80-71)39-59(67)60-40-53(31-35-68(60)79)55-33-37-72-62(42-55)58-27-15-17-29-70(58)81-72;1-2/h2-44,46,56,63-64,75H,45H2,1H3,(H2,74,76)(H,77,78);1-2H3/b47-38+,66-43-;. The van der Waals surface area contributed by atoms with E-state index in [-0.39, 0.29) is 18.1 Å². The molecule has 404 valence electrons. The Labute approximate surface area is 483 Å². The van der Waals surface area contributed by atoms with Gasteiger partial charge in [-0.05, 0) is 130 Å². The van der Waals surface area contributed by atoms with Gasteiger partial charge in [0.15, 0.2) is 5.84 Å². The highest BCUT2D eigenvalue weighted by Crippen LogP contribution is 2.41. The number of hydrogen-bond acceptors (Lipinski definition) is 6. The minimum absolute atomic E-state index is 0.155. The molecule has 0 saturated heterocycles. The molecule has 14 rings (SSSR count). The van der Waals surface area contributed by atoms with E-state index in [1.807, 2.05) is 62.4 Å². The zero-order valence-electron chi connectivity index (χ0n) is 46.6. The molecule has 3 aromatic heterocycles. The van der Waals surface area contributed by atoms with Crippen LogP contribution in [0.2, 0.25) is 0 Å². The predicted molar refractivity (Wildman–Crippen MR) is 347 cm³/mol. The average Bonchev–Trinajstić information content (AvgIpc) is 4.35. The molecule has 13 aromatic rings. The maximum atomic E-state index is 6.40. The Kier molecular flexibility index (Phi) is 14.5. The minimum atomic E-state index is -0.356. The Balaban J connectivity index is 0.00000319. The van der Waals surface area contributed by atoms with Gasteiger partial charge in [0.1, 0.15) is 28.0 Å². The van der Waals surface area contributed by atoms with Crippen molar-refractivity contribution in [1.29, 1.82) is 0 Å². The Morgan fingerprint density at radius 3 is 1.59 bits per heavy atom. The van der Waals surface area contributed by atoms with Crippen LogP contribution in [0.25, 0.3) is 99.2 Å². The maximum absolute atomic E-state index is 6.40. The van der Waals surface area contributed by atoms with E-state index in [4.69, 9.17) is 24.6 Å². The fraction of sp³-hybridized carbons (Fsp3) is 0.0933. The normalized spacial score (nSPS) is 14.7. The van der Waals surface area contributed by atoms with Crippen LogP contribution in [-0.2, 0) is 0 Å². The molecule has 1 aliphatic rings. The summed E-state index contributed by atoms with van der Waals surface area (Å²) in [7, 11) is 0. The third kappa shape index (κ3) is 10.3. The Bertz CT molecular complexity index is 4470. The Morgan fingerprint density at radius 2 is 1.02 bits per heavy atom. The van der Waals surface area contributed by atoms with Crippen LogP contribution in [0, 0.1) is 0 Å². The quantitative estimate of drug-likeness (QED) is 0.0743. The van der Waals surface area contributed by atoms with Gasteiger partial charge in [0, 0.05) is 49.9 Å². The van der Waals surface area contributed by atoms with E-state index in [1.165, 1.54) is 17.5 Å². The van der Waals surface area contributed by atoms with Crippen molar-refractivity contribution in [2.75, 3.05) is 6.54 Å². The van der Waals surface area contributed by atoms with Crippen molar-refractivity contribution in [2.24, 2.45) is 15.7 Å². The van der Waals surface area contributed by atoms with Crippen molar-refractivity contribution in [3.63, 3.8) is 0 Å². The number of nitrogens with one attached hydrogen (secondary N) is 2. The lowest BCUT2D eigenvalue weighted by Gasteiger charge is -2.26. The third-order valence-electron chi connectivity index (χ3n) is 15.8. The fourth-order valence-corrected chi connectivity index (χ4v) is 11.8. The summed E-state index contributed by atoms with van der Waals surface area (Å²) in [6, 6.07) is 84.7. The molecule has 4 heterocycles. The second-order valence-electron chi connectivity index (χ2n) is 20.8. The largest absolute Gasteiger partial charge is 0.456 e. The first-order valence-electron chi connectivity index (χ1n) is 28.6. The summed E-state index contributed by atoms with van der Waals surface area (Å²) >= 11 is 0. The van der Waals surface area contributed by atoms with E-state index in [0.29, 0.717) is 18.1 Å². The number of rotatable bonds is 14. The van der Waals surface area contributed by atoms with Crippen molar-refractivity contribution in [1.82, 2.24) is 15.2 Å². The van der Waals surface area contributed by atoms with Crippen LogP contribution in [-0.4, -0.2) is 23.3 Å². The molecule has 0 fully saturated rings. The van der Waals surface area contributed by atoms with E-state index in [1.54, 1.807) is 0 Å². The van der Waals surface area contributed by atoms with Gasteiger partial charge >= 0.3 is 0 Å². The zero-order chi connectivity index (χ0) is 56.2. The summed E-state index contributed by atoms with van der Waals surface area (Å²) in [5.41, 5.74) is 23.5. The second-order valence-corrected chi connectivity index (χ2v) is 20.8. The van der Waals surface area contributed by atoms with Gasteiger partial charge in [-0.15, -0.1) is 0 Å². The van der Waals surface area contributed by atoms with Crippen LogP contribution >= 0.6 is 0 Å². The molecule has 0 aliphatic carbocycles. The lowest BCUT2D eigenvalue weighted by molar-refractivity contribution is 0.525. The van der Waals surface area contributed by atoms with Crippen LogP contribution in [0.1, 0.15) is 61.2 Å². The topological polar surface area (TPSA) is 106 Å². The lowest BCUT2D eigenvalue weighted by Crippen LogP contribution is -2.33. The van der Waals surface area contributed by atoms with Gasteiger partial charge in [-0.3, -0.25) is 0 Å². The fourth-order valence-electron chi connectivity index (χ4n) is 11.8. The molecular weight excluding hydrogens is 1020 g/mol. The molecule has 0 amide bonds. The molecule has 10 aromatic carbocycles. The molecular formula is C75H62N6O2. The molecule has 0 radical (unpaired) electrons. The van der Waals surface area contributed by atoms with E-state index >= 15 is 0 Å². The highest BCUT2D eigenvalue weighted by Gasteiger charge is 2.26. The van der Waals surface area contributed by atoms with Gasteiger partial charge in [0.25, 0.3) is 0 Å². The summed E-state index contributed by atoms with van der Waals surface area (Å²) in [5.74, 6) is 0.617. The van der Waals surface area contributed by atoms with E-state index in [2.05, 4.69) is 234 Å². The summed E-state index contributed by atoms with van der Waals surface area (Å²) in [6.45, 7) is 6.68. The summed E-state index contributed by atoms with van der Waals surface area (Å²) in [6.07, 6.45) is 8.13. The molecule has 4 N–H and O–H groups in total. The molecule has 0 spiro atoms. The number of amidine groups is 1. The van der Waals surface area contributed by atoms with Crippen molar-refractivity contribution in [3.05, 3.63) is 289 Å². The maximum Gasteiger partial charge on any atom is 0.153 e. The van der Waals surface area contributed by atoms with Crippen LogP contribution < -0.4 is 16.4 Å². The van der Waals surface area contributed by atoms with E-state index in [0.717, 1.165) is 110 Å². The number of furan rings is 2. The predicted octanol–water partition coefficient (Wildman–Crippen LogP) is 18.6. The Morgan fingerprint density at radius 1 is 0.542 bits per heavy atom. The average molecular weight is 1080 g/mol. The first kappa shape index (κ1) is 52.1. The molecule has 0 saturated carbocycles. The number of nitrogens with zero attached hydrogens (tertiary/aromatic N) is 3. The molecule has 83 heavy (non-hydrogen) atoms. The minimum Gasteiger partial charge on any atom is -0.456 e. The molecule has 3 atom stereocenters. The summed E-state index contributed by atoms with van der Waals surface area (Å²) < 4.78 is 15.1. The van der Waals surface area contributed by atoms with Crippen LogP contribution in [0.15, 0.2) is 285 Å². The monoisotopic (exact) mass is 1080 g/mol. The van der Waals surface area contributed by atoms with Crippen LogP contribution in [0.5, 0.6) is 0 Å². The van der Waals surface area contributed by atoms with Crippen LogP contribution in [0.3, 0.4) is 0 Å². The van der Waals surface area contributed by atoms with Crippen molar-refractivity contribution in [3.8, 4) is 22.3 Å². The first-order chi connectivity index (χ1) is 41.0. The van der Waals surface area contributed by atoms with Gasteiger partial charge < -0.3 is 29.8 Å². The summed E-state index contributed by atoms with van der Waals surface area (Å²) in [5, 5.41) is 14.5. The van der Waals surface area contributed by atoms with E-state index in [9.17, 15) is 0 Å². The zero-order valence-corrected chi connectivity index (χ0v) is 46.6. The number of nitrogens with two attached hydrogens (primary N) is 1. The van der Waals surface area contributed by atoms with Crippen LogP contribution in [0.4, 0.5) is 0 Å². The molecule has 8 nitrogen and oxygen atoms in total. The molecule has 1 aliphatic heterocycles. The highest BCUT2D eigenvalue weighted by molar-refractivity contribution is 6.13. The van der Waals surface area contributed by atoms with Gasteiger partial charge in [-0.1, -0.05) is 202 Å². The SMILES string of the molecule is C/C(=C\C(NCC(/C=C(\N=CN)C1=NC(c2ccccc2)=CC(c2ccccc2)N1)n1c2ccc(-c3ccc4oc5ccccc5c4c3)cc2c2cc(-c3ccc4oc5ccccc5c4c3)ccc21)c1ccccc1)c1ccccc1.CC. The second kappa shape index (κ2) is 23.1. The Hall–Kier alpha value is -10.3.